The molecule has 1 fully saturated rings. The van der Waals surface area contributed by atoms with Crippen LogP contribution in [0.5, 0.6) is 5.75 Å². The predicted molar refractivity (Wildman–Crippen MR) is 175 cm³/mol. The Bertz CT molecular complexity index is 1710. The quantitative estimate of drug-likeness (QED) is 0.137. The van der Waals surface area contributed by atoms with E-state index in [1.54, 1.807) is 42.6 Å². The van der Waals surface area contributed by atoms with Gasteiger partial charge in [-0.3, -0.25) is 19.2 Å². The number of para-hydroxylation sites is 1. The molecule has 2 heterocycles. The lowest BCUT2D eigenvalue weighted by Crippen LogP contribution is -2.58. The van der Waals surface area contributed by atoms with E-state index >= 15 is 0 Å². The number of H-pyrrole nitrogens is 1. The monoisotopic (exact) mass is 644 g/mol. The third-order valence-corrected chi connectivity index (χ3v) is 8.54. The molecule has 3 aromatic carbocycles. The molecule has 4 atom stereocenters. The summed E-state index contributed by atoms with van der Waals surface area (Å²) < 4.78 is 0. The summed E-state index contributed by atoms with van der Waals surface area (Å²) in [7, 11) is 0. The Morgan fingerprint density at radius 1 is 0.913 bits per heavy atom. The number of phenols is 1. The number of likely N-dealkylation sites (tertiary alicyclic amines) is 1. The Hall–Kier alpha value is -4.87. The van der Waals surface area contributed by atoms with Crippen LogP contribution < -0.4 is 22.1 Å². The topological polar surface area (TPSA) is 184 Å². The van der Waals surface area contributed by atoms with Gasteiger partial charge in [-0.1, -0.05) is 54.1 Å². The van der Waals surface area contributed by atoms with Crippen LogP contribution in [0.3, 0.4) is 0 Å². The number of aromatic amines is 1. The largest absolute Gasteiger partial charge is 0.508 e. The number of carbonyl (C=O) groups is 4. The van der Waals surface area contributed by atoms with Gasteiger partial charge in [-0.05, 0) is 66.3 Å². The number of nitrogens with two attached hydrogens (primary N) is 2. The van der Waals surface area contributed by atoms with E-state index in [-0.39, 0.29) is 30.9 Å². The number of hydrogen-bond acceptors (Lipinski definition) is 6. The predicted octanol–water partition coefficient (Wildman–Crippen LogP) is 2.33. The summed E-state index contributed by atoms with van der Waals surface area (Å²) in [5, 5.41) is 16.6. The van der Waals surface area contributed by atoms with Crippen LogP contribution in [0.15, 0.2) is 79.0 Å². The molecule has 8 N–H and O–H groups in total. The molecular formula is C34H37ClN6O5. The fraction of sp³-hybridized carbons (Fsp3) is 0.294. The lowest BCUT2D eigenvalue weighted by molar-refractivity contribution is -0.140. The molecule has 4 amide bonds. The standard InChI is InChI=1S/C34H37ClN6O5/c35-23-11-7-21(8-12-23)17-28(31(37)43)39-32(44)29(18-22-19-38-27-5-2-1-4-25(22)27)40-33(45)30-6-3-15-41(30)34(46)26(36)16-20-9-13-24(42)14-10-20/h1-2,4-5,7-14,19,26,28-30,38,42H,3,6,15-18,36H2,(H2,37,43)(H,39,44)(H,40,45)/t26-,28-,29-,30-/m0/s1. The van der Waals surface area contributed by atoms with E-state index in [0.717, 1.165) is 27.6 Å². The molecule has 12 heteroatoms. The maximum atomic E-state index is 13.8. The summed E-state index contributed by atoms with van der Waals surface area (Å²) in [5.74, 6) is -2.07. The number of fused-ring (bicyclic) bond motifs is 1. The van der Waals surface area contributed by atoms with Crippen molar-refractivity contribution in [3.05, 3.63) is 101 Å². The number of nitrogens with one attached hydrogen (secondary N) is 3. The molecule has 1 aliphatic rings. The van der Waals surface area contributed by atoms with Crippen LogP contribution in [0.25, 0.3) is 10.9 Å². The summed E-state index contributed by atoms with van der Waals surface area (Å²) in [5.41, 5.74) is 15.1. The number of hydrogen-bond donors (Lipinski definition) is 6. The lowest BCUT2D eigenvalue weighted by atomic mass is 10.0. The van der Waals surface area contributed by atoms with Crippen molar-refractivity contribution in [2.75, 3.05) is 6.54 Å². The van der Waals surface area contributed by atoms with Crippen molar-refractivity contribution in [3.8, 4) is 5.75 Å². The van der Waals surface area contributed by atoms with E-state index in [4.69, 9.17) is 23.1 Å². The first-order chi connectivity index (χ1) is 22.1. The van der Waals surface area contributed by atoms with E-state index in [0.29, 0.717) is 24.4 Å². The summed E-state index contributed by atoms with van der Waals surface area (Å²) in [4.78, 5) is 58.0. The van der Waals surface area contributed by atoms with Crippen molar-refractivity contribution >= 4 is 46.1 Å². The average molecular weight is 645 g/mol. The molecule has 0 unspecified atom stereocenters. The van der Waals surface area contributed by atoms with Gasteiger partial charge in [0.1, 0.15) is 23.9 Å². The van der Waals surface area contributed by atoms with E-state index in [2.05, 4.69) is 15.6 Å². The lowest BCUT2D eigenvalue weighted by Gasteiger charge is -2.29. The zero-order chi connectivity index (χ0) is 32.8. The summed E-state index contributed by atoms with van der Waals surface area (Å²) in [6, 6.07) is 17.0. The van der Waals surface area contributed by atoms with Crippen molar-refractivity contribution in [1.29, 1.82) is 0 Å². The van der Waals surface area contributed by atoms with E-state index in [1.165, 1.54) is 17.0 Å². The molecule has 0 radical (unpaired) electrons. The highest BCUT2D eigenvalue weighted by atomic mass is 35.5. The highest BCUT2D eigenvalue weighted by molar-refractivity contribution is 6.30. The molecule has 0 bridgehead atoms. The van der Waals surface area contributed by atoms with E-state index < -0.39 is 41.9 Å². The number of carbonyl (C=O) groups excluding carboxylic acids is 4. The molecule has 0 aliphatic carbocycles. The second-order valence-corrected chi connectivity index (χ2v) is 12.0. The summed E-state index contributed by atoms with van der Waals surface area (Å²) in [6.45, 7) is 0.352. The number of aromatic hydroxyl groups is 1. The highest BCUT2D eigenvalue weighted by Gasteiger charge is 2.38. The minimum absolute atomic E-state index is 0.110. The number of phenolic OH excluding ortho intramolecular Hbond substituents is 1. The molecule has 5 rings (SSSR count). The molecule has 0 spiro atoms. The molecule has 1 aliphatic heterocycles. The van der Waals surface area contributed by atoms with Gasteiger partial charge >= 0.3 is 0 Å². The van der Waals surface area contributed by atoms with Gasteiger partial charge < -0.3 is 37.1 Å². The van der Waals surface area contributed by atoms with Crippen LogP contribution in [-0.4, -0.2) is 69.3 Å². The minimum atomic E-state index is -1.08. The van der Waals surface area contributed by atoms with Crippen LogP contribution in [0.1, 0.15) is 29.5 Å². The number of benzene rings is 3. The van der Waals surface area contributed by atoms with Gasteiger partial charge in [0.15, 0.2) is 0 Å². The molecule has 4 aromatic rings. The zero-order valence-corrected chi connectivity index (χ0v) is 25.9. The number of halogens is 1. The smallest absolute Gasteiger partial charge is 0.243 e. The number of primary amides is 1. The number of amides is 4. The maximum Gasteiger partial charge on any atom is 0.243 e. The molecule has 0 saturated carbocycles. The van der Waals surface area contributed by atoms with Crippen LogP contribution in [0.4, 0.5) is 0 Å². The first-order valence-corrected chi connectivity index (χ1v) is 15.5. The SMILES string of the molecule is NC(=O)[C@H](Cc1ccc(Cl)cc1)NC(=O)[C@H](Cc1c[nH]c2ccccc12)NC(=O)[C@@H]1CCCN1C(=O)[C@@H](N)Cc1ccc(O)cc1. The molecule has 11 nitrogen and oxygen atoms in total. The molecule has 1 aromatic heterocycles. The van der Waals surface area contributed by atoms with Crippen LogP contribution in [-0.2, 0) is 38.4 Å². The van der Waals surface area contributed by atoms with Gasteiger partial charge in [0.2, 0.25) is 23.6 Å². The number of aromatic nitrogens is 1. The first-order valence-electron chi connectivity index (χ1n) is 15.1. The normalized spacial score (nSPS) is 16.5. The fourth-order valence-electron chi connectivity index (χ4n) is 5.84. The first kappa shape index (κ1) is 32.5. The molecule has 1 saturated heterocycles. The second kappa shape index (κ2) is 14.5. The van der Waals surface area contributed by atoms with Gasteiger partial charge in [-0.2, -0.15) is 0 Å². The van der Waals surface area contributed by atoms with Crippen molar-refractivity contribution < 1.29 is 24.3 Å². The Morgan fingerprint density at radius 3 is 2.30 bits per heavy atom. The van der Waals surface area contributed by atoms with Crippen LogP contribution in [0.2, 0.25) is 5.02 Å². The second-order valence-electron chi connectivity index (χ2n) is 11.6. The van der Waals surface area contributed by atoms with Gasteiger partial charge in [0, 0.05) is 41.5 Å². The Labute approximate surface area is 271 Å². The third kappa shape index (κ3) is 7.85. The van der Waals surface area contributed by atoms with Crippen molar-refractivity contribution in [3.63, 3.8) is 0 Å². The third-order valence-electron chi connectivity index (χ3n) is 8.29. The Morgan fingerprint density at radius 2 is 1.59 bits per heavy atom. The van der Waals surface area contributed by atoms with Gasteiger partial charge in [-0.15, -0.1) is 0 Å². The average Bonchev–Trinajstić information content (AvgIpc) is 3.70. The fourth-order valence-corrected chi connectivity index (χ4v) is 5.96. The zero-order valence-electron chi connectivity index (χ0n) is 25.1. The Kier molecular flexibility index (Phi) is 10.2. The van der Waals surface area contributed by atoms with Crippen molar-refractivity contribution in [2.45, 2.75) is 56.3 Å². The van der Waals surface area contributed by atoms with Crippen LogP contribution in [0, 0.1) is 0 Å². The van der Waals surface area contributed by atoms with Gasteiger partial charge in [-0.25, -0.2) is 0 Å². The Balaban J connectivity index is 1.33. The van der Waals surface area contributed by atoms with E-state index in [9.17, 15) is 24.3 Å². The highest BCUT2D eigenvalue weighted by Crippen LogP contribution is 2.22. The van der Waals surface area contributed by atoms with E-state index in [1.807, 2.05) is 24.3 Å². The molecular weight excluding hydrogens is 608 g/mol. The number of rotatable bonds is 12. The summed E-state index contributed by atoms with van der Waals surface area (Å²) >= 11 is 5.99. The minimum Gasteiger partial charge on any atom is -0.508 e. The van der Waals surface area contributed by atoms with Crippen LogP contribution >= 0.6 is 11.6 Å². The number of nitrogens with zero attached hydrogens (tertiary/aromatic N) is 1. The maximum absolute atomic E-state index is 13.8. The van der Waals surface area contributed by atoms with Gasteiger partial charge in [0.25, 0.3) is 0 Å². The van der Waals surface area contributed by atoms with Gasteiger partial charge in [0.05, 0.1) is 6.04 Å². The summed E-state index contributed by atoms with van der Waals surface area (Å²) in [6.07, 6.45) is 3.28. The molecule has 240 valence electrons. The van der Waals surface area contributed by atoms with Crippen molar-refractivity contribution in [2.24, 2.45) is 11.5 Å². The molecule has 46 heavy (non-hydrogen) atoms. The van der Waals surface area contributed by atoms with Crippen molar-refractivity contribution in [1.82, 2.24) is 20.5 Å².